The number of nitrogens with one attached hydrogen (secondary N) is 1. The van der Waals surface area contributed by atoms with E-state index in [-0.39, 0.29) is 16.2 Å². The van der Waals surface area contributed by atoms with Gasteiger partial charge in [0.25, 0.3) is 0 Å². The zero-order valence-electron chi connectivity index (χ0n) is 9.38. The van der Waals surface area contributed by atoms with Crippen LogP contribution in [0.5, 0.6) is 0 Å². The summed E-state index contributed by atoms with van der Waals surface area (Å²) in [5.41, 5.74) is 5.23. The monoisotopic (exact) mass is 258 g/mol. The van der Waals surface area contributed by atoms with Crippen LogP contribution in [0.15, 0.2) is 12.1 Å². The van der Waals surface area contributed by atoms with Gasteiger partial charge in [-0.2, -0.15) is 0 Å². The lowest BCUT2D eigenvalue weighted by Crippen LogP contribution is -2.31. The van der Waals surface area contributed by atoms with Crippen LogP contribution in [-0.4, -0.2) is 10.9 Å². The summed E-state index contributed by atoms with van der Waals surface area (Å²) in [6.07, 6.45) is 0. The summed E-state index contributed by atoms with van der Waals surface area (Å²) in [6.45, 7) is 2.92. The van der Waals surface area contributed by atoms with Gasteiger partial charge in [0.05, 0.1) is 16.6 Å². The maximum absolute atomic E-state index is 13.4. The van der Waals surface area contributed by atoms with E-state index in [4.69, 9.17) is 5.73 Å². The van der Waals surface area contributed by atoms with Crippen LogP contribution in [0.4, 0.5) is 14.5 Å². The van der Waals surface area contributed by atoms with E-state index in [9.17, 15) is 13.6 Å². The van der Waals surface area contributed by atoms with Gasteiger partial charge in [0, 0.05) is 6.07 Å². The topological polar surface area (TPSA) is 55.1 Å². The molecule has 1 amide bonds. The Kier molecular flexibility index (Phi) is 4.11. The fourth-order valence-corrected chi connectivity index (χ4v) is 1.22. The SMILES string of the molecule is Cc1cc(F)c(NC(=O)C(C)C(N)=S)cc1F. The van der Waals surface area contributed by atoms with E-state index < -0.39 is 23.5 Å². The van der Waals surface area contributed by atoms with Gasteiger partial charge in [-0.1, -0.05) is 12.2 Å². The minimum absolute atomic E-state index is 0.00417. The van der Waals surface area contributed by atoms with Crippen molar-refractivity contribution >= 4 is 28.8 Å². The van der Waals surface area contributed by atoms with E-state index in [0.29, 0.717) is 0 Å². The summed E-state index contributed by atoms with van der Waals surface area (Å²) in [5, 5.41) is 2.24. The fraction of sp³-hybridized carbons (Fsp3) is 0.273. The fourth-order valence-electron chi connectivity index (χ4n) is 1.11. The van der Waals surface area contributed by atoms with E-state index in [1.165, 1.54) is 13.8 Å². The molecule has 1 rings (SSSR count). The maximum Gasteiger partial charge on any atom is 0.234 e. The molecular formula is C11H12F2N2OS. The van der Waals surface area contributed by atoms with Crippen molar-refractivity contribution < 1.29 is 13.6 Å². The smallest absolute Gasteiger partial charge is 0.234 e. The molecule has 3 nitrogen and oxygen atoms in total. The van der Waals surface area contributed by atoms with Crippen molar-refractivity contribution in [3.8, 4) is 0 Å². The summed E-state index contributed by atoms with van der Waals surface area (Å²) in [6, 6.07) is 1.94. The molecule has 0 aliphatic carbocycles. The van der Waals surface area contributed by atoms with E-state index in [1.807, 2.05) is 0 Å². The molecule has 0 fully saturated rings. The molecule has 92 valence electrons. The number of aryl methyl sites for hydroxylation is 1. The zero-order chi connectivity index (χ0) is 13.2. The van der Waals surface area contributed by atoms with Crippen LogP contribution in [0, 0.1) is 24.5 Å². The average molecular weight is 258 g/mol. The van der Waals surface area contributed by atoms with E-state index in [2.05, 4.69) is 17.5 Å². The molecule has 3 N–H and O–H groups in total. The van der Waals surface area contributed by atoms with E-state index >= 15 is 0 Å². The van der Waals surface area contributed by atoms with Gasteiger partial charge >= 0.3 is 0 Å². The molecule has 0 aliphatic heterocycles. The summed E-state index contributed by atoms with van der Waals surface area (Å²) in [7, 11) is 0. The predicted octanol–water partition coefficient (Wildman–Crippen LogP) is 2.13. The third-order valence-electron chi connectivity index (χ3n) is 2.33. The molecule has 0 saturated carbocycles. The Hall–Kier alpha value is -1.56. The van der Waals surface area contributed by atoms with Gasteiger partial charge < -0.3 is 11.1 Å². The van der Waals surface area contributed by atoms with Crippen molar-refractivity contribution in [1.82, 2.24) is 0 Å². The number of hydrogen-bond acceptors (Lipinski definition) is 2. The second-order valence-electron chi connectivity index (χ2n) is 3.69. The number of hydrogen-bond donors (Lipinski definition) is 2. The summed E-state index contributed by atoms with van der Waals surface area (Å²) < 4.78 is 26.6. The highest BCUT2D eigenvalue weighted by Gasteiger charge is 2.17. The Morgan fingerprint density at radius 1 is 1.41 bits per heavy atom. The Morgan fingerprint density at radius 2 is 2.00 bits per heavy atom. The molecule has 0 radical (unpaired) electrons. The van der Waals surface area contributed by atoms with Crippen LogP contribution in [0.1, 0.15) is 12.5 Å². The molecule has 0 spiro atoms. The third kappa shape index (κ3) is 3.20. The Morgan fingerprint density at radius 3 is 2.53 bits per heavy atom. The molecule has 0 heterocycles. The first-order chi connectivity index (χ1) is 7.82. The minimum atomic E-state index is -0.742. The van der Waals surface area contributed by atoms with Gasteiger partial charge in [0.15, 0.2) is 0 Å². The van der Waals surface area contributed by atoms with Crippen LogP contribution in [0.3, 0.4) is 0 Å². The van der Waals surface area contributed by atoms with Gasteiger partial charge in [-0.05, 0) is 25.5 Å². The number of halogens is 2. The molecule has 1 atom stereocenters. The highest BCUT2D eigenvalue weighted by atomic mass is 32.1. The molecule has 1 aromatic carbocycles. The number of rotatable bonds is 3. The highest BCUT2D eigenvalue weighted by molar-refractivity contribution is 7.80. The molecular weight excluding hydrogens is 246 g/mol. The lowest BCUT2D eigenvalue weighted by Gasteiger charge is -2.11. The predicted molar refractivity (Wildman–Crippen MR) is 65.7 cm³/mol. The normalized spacial score (nSPS) is 12.0. The first-order valence-electron chi connectivity index (χ1n) is 4.88. The number of anilines is 1. The van der Waals surface area contributed by atoms with Crippen molar-refractivity contribution in [2.24, 2.45) is 11.7 Å². The number of thiocarbonyl (C=S) groups is 1. The molecule has 0 saturated heterocycles. The number of carbonyl (C=O) groups is 1. The molecule has 0 aromatic heterocycles. The van der Waals surface area contributed by atoms with Crippen molar-refractivity contribution in [3.63, 3.8) is 0 Å². The van der Waals surface area contributed by atoms with Crippen molar-refractivity contribution in [1.29, 1.82) is 0 Å². The van der Waals surface area contributed by atoms with Crippen LogP contribution < -0.4 is 11.1 Å². The van der Waals surface area contributed by atoms with Gasteiger partial charge in [0.2, 0.25) is 5.91 Å². The molecule has 0 aliphatic rings. The van der Waals surface area contributed by atoms with Crippen LogP contribution in [-0.2, 0) is 4.79 Å². The van der Waals surface area contributed by atoms with Crippen LogP contribution in [0.2, 0.25) is 0 Å². The van der Waals surface area contributed by atoms with Gasteiger partial charge in [-0.15, -0.1) is 0 Å². The summed E-state index contributed by atoms with van der Waals surface area (Å²) in [4.78, 5) is 11.5. The summed E-state index contributed by atoms with van der Waals surface area (Å²) >= 11 is 4.64. The quantitative estimate of drug-likeness (QED) is 0.817. The molecule has 1 aromatic rings. The third-order valence-corrected chi connectivity index (χ3v) is 2.68. The van der Waals surface area contributed by atoms with Crippen LogP contribution >= 0.6 is 12.2 Å². The second-order valence-corrected chi connectivity index (χ2v) is 4.17. The van der Waals surface area contributed by atoms with Crippen molar-refractivity contribution in [2.45, 2.75) is 13.8 Å². The minimum Gasteiger partial charge on any atom is -0.393 e. The molecule has 1 unspecified atom stereocenters. The summed E-state index contributed by atoms with van der Waals surface area (Å²) in [5.74, 6) is -2.61. The largest absolute Gasteiger partial charge is 0.393 e. The van der Waals surface area contributed by atoms with E-state index in [0.717, 1.165) is 12.1 Å². The van der Waals surface area contributed by atoms with Crippen molar-refractivity contribution in [2.75, 3.05) is 5.32 Å². The first-order valence-corrected chi connectivity index (χ1v) is 5.29. The standard InChI is InChI=1S/C11H12F2N2OS/c1-5-3-8(13)9(4-7(5)12)15-11(16)6(2)10(14)17/h3-4,6H,1-2H3,(H2,14,17)(H,15,16). The van der Waals surface area contributed by atoms with Gasteiger partial charge in [0.1, 0.15) is 11.6 Å². The van der Waals surface area contributed by atoms with E-state index in [1.54, 1.807) is 0 Å². The number of benzene rings is 1. The zero-order valence-corrected chi connectivity index (χ0v) is 10.2. The molecule has 0 bridgehead atoms. The van der Waals surface area contributed by atoms with Gasteiger partial charge in [-0.25, -0.2) is 8.78 Å². The lowest BCUT2D eigenvalue weighted by atomic mass is 10.1. The lowest BCUT2D eigenvalue weighted by molar-refractivity contribution is -0.117. The highest BCUT2D eigenvalue weighted by Crippen LogP contribution is 2.19. The number of nitrogens with two attached hydrogens (primary N) is 1. The number of amides is 1. The van der Waals surface area contributed by atoms with Crippen molar-refractivity contribution in [3.05, 3.63) is 29.3 Å². The Bertz CT molecular complexity index is 477. The second kappa shape index (κ2) is 5.18. The Balaban J connectivity index is 2.93. The maximum atomic E-state index is 13.4. The molecule has 17 heavy (non-hydrogen) atoms. The van der Waals surface area contributed by atoms with Gasteiger partial charge in [-0.3, -0.25) is 4.79 Å². The average Bonchev–Trinajstić information content (AvgIpc) is 2.24. The van der Waals surface area contributed by atoms with Crippen LogP contribution in [0.25, 0.3) is 0 Å². The number of carbonyl (C=O) groups excluding carboxylic acids is 1. The first kappa shape index (κ1) is 13.5. The molecule has 6 heteroatoms. The Labute approximate surface area is 103 Å².